The van der Waals surface area contributed by atoms with E-state index in [0.717, 1.165) is 31.0 Å². The van der Waals surface area contributed by atoms with Crippen LogP contribution < -0.4 is 10.6 Å². The van der Waals surface area contributed by atoms with Gasteiger partial charge in [-0.15, -0.1) is 0 Å². The van der Waals surface area contributed by atoms with E-state index in [1.165, 1.54) is 18.6 Å². The first kappa shape index (κ1) is 16.9. The third kappa shape index (κ3) is 4.06. The summed E-state index contributed by atoms with van der Waals surface area (Å²) in [4.78, 5) is 11.8. The van der Waals surface area contributed by atoms with Gasteiger partial charge >= 0.3 is 0 Å². The molecule has 0 unspecified atom stereocenters. The lowest BCUT2D eigenvalue weighted by Crippen LogP contribution is -2.24. The summed E-state index contributed by atoms with van der Waals surface area (Å²) in [7, 11) is -3.98. The number of benzene rings is 1. The number of primary sulfonamides is 1. The first-order valence-corrected chi connectivity index (χ1v) is 8.90. The predicted octanol–water partition coefficient (Wildman–Crippen LogP) is 2.28. The average Bonchev–Trinajstić information content (AvgIpc) is 2.45. The van der Waals surface area contributed by atoms with Crippen molar-refractivity contribution in [2.24, 2.45) is 16.2 Å². The lowest BCUT2D eigenvalue weighted by molar-refractivity contribution is 0.0954. The SMILES string of the molecule is C[C@@H]1CCCC/C1=N/NC(=O)c1ccc(Cl)c(S(N)(=O)=O)c1. The summed E-state index contributed by atoms with van der Waals surface area (Å²) in [5.41, 5.74) is 3.57. The van der Waals surface area contributed by atoms with Gasteiger partial charge in [-0.2, -0.15) is 5.10 Å². The van der Waals surface area contributed by atoms with Gasteiger partial charge in [-0.1, -0.05) is 24.9 Å². The number of halogens is 1. The number of rotatable bonds is 3. The highest BCUT2D eigenvalue weighted by molar-refractivity contribution is 7.89. The zero-order valence-electron chi connectivity index (χ0n) is 12.2. The van der Waals surface area contributed by atoms with Crippen molar-refractivity contribution in [3.8, 4) is 0 Å². The predicted molar refractivity (Wildman–Crippen MR) is 85.4 cm³/mol. The summed E-state index contributed by atoms with van der Waals surface area (Å²) in [6, 6.07) is 3.90. The largest absolute Gasteiger partial charge is 0.271 e. The fourth-order valence-electron chi connectivity index (χ4n) is 2.39. The molecule has 0 saturated heterocycles. The zero-order chi connectivity index (χ0) is 16.3. The van der Waals surface area contributed by atoms with Gasteiger partial charge in [-0.25, -0.2) is 19.0 Å². The van der Waals surface area contributed by atoms with Crippen LogP contribution >= 0.6 is 11.6 Å². The van der Waals surface area contributed by atoms with Gasteiger partial charge in [0.1, 0.15) is 4.90 Å². The zero-order valence-corrected chi connectivity index (χ0v) is 13.7. The van der Waals surface area contributed by atoms with E-state index < -0.39 is 15.9 Å². The van der Waals surface area contributed by atoms with Gasteiger partial charge < -0.3 is 0 Å². The topological polar surface area (TPSA) is 102 Å². The summed E-state index contributed by atoms with van der Waals surface area (Å²) in [5, 5.41) is 9.20. The van der Waals surface area contributed by atoms with Crippen LogP contribution in [0.4, 0.5) is 0 Å². The van der Waals surface area contributed by atoms with Crippen LogP contribution in [0.15, 0.2) is 28.2 Å². The van der Waals surface area contributed by atoms with Crippen molar-refractivity contribution in [3.63, 3.8) is 0 Å². The molecule has 1 aliphatic rings. The Kier molecular flexibility index (Phi) is 5.20. The van der Waals surface area contributed by atoms with Gasteiger partial charge in [0.05, 0.1) is 5.02 Å². The first-order valence-electron chi connectivity index (χ1n) is 6.98. The number of amides is 1. The number of hydrazone groups is 1. The summed E-state index contributed by atoms with van der Waals surface area (Å²) >= 11 is 5.79. The van der Waals surface area contributed by atoms with Gasteiger partial charge in [-0.3, -0.25) is 4.79 Å². The molecule has 0 aromatic heterocycles. The number of hydrogen-bond donors (Lipinski definition) is 2. The number of nitrogens with two attached hydrogens (primary N) is 1. The van der Waals surface area contributed by atoms with E-state index in [4.69, 9.17) is 16.7 Å². The Morgan fingerprint density at radius 1 is 1.41 bits per heavy atom. The summed E-state index contributed by atoms with van der Waals surface area (Å²) in [6.07, 6.45) is 4.16. The molecule has 1 aromatic carbocycles. The number of sulfonamides is 1. The van der Waals surface area contributed by atoms with Crippen molar-refractivity contribution < 1.29 is 13.2 Å². The second-order valence-electron chi connectivity index (χ2n) is 5.38. The van der Waals surface area contributed by atoms with E-state index in [2.05, 4.69) is 17.5 Å². The molecule has 1 aliphatic carbocycles. The molecule has 1 aromatic rings. The second kappa shape index (κ2) is 6.76. The van der Waals surface area contributed by atoms with Crippen molar-refractivity contribution in [1.29, 1.82) is 0 Å². The Labute approximate surface area is 134 Å². The molecule has 0 bridgehead atoms. The minimum Gasteiger partial charge on any atom is -0.267 e. The van der Waals surface area contributed by atoms with E-state index in [0.29, 0.717) is 5.92 Å². The number of carbonyl (C=O) groups is 1. The molecule has 0 spiro atoms. The highest BCUT2D eigenvalue weighted by Crippen LogP contribution is 2.22. The van der Waals surface area contributed by atoms with Crippen LogP contribution in [0.5, 0.6) is 0 Å². The van der Waals surface area contributed by atoms with Crippen molar-refractivity contribution >= 4 is 33.2 Å². The lowest BCUT2D eigenvalue weighted by Gasteiger charge is -2.19. The average molecular weight is 344 g/mol. The first-order chi connectivity index (χ1) is 10.3. The Bertz CT molecular complexity index is 716. The number of nitrogens with one attached hydrogen (secondary N) is 1. The third-order valence-corrected chi connectivity index (χ3v) is 5.08. The Morgan fingerprint density at radius 3 is 2.77 bits per heavy atom. The molecule has 2 rings (SSSR count). The standard InChI is InChI=1S/C14H18ClN3O3S/c1-9-4-2-3-5-12(9)17-18-14(19)10-6-7-11(15)13(8-10)22(16,20)21/h6-9H,2-5H2,1H3,(H,18,19)(H2,16,20,21)/b17-12-/t9-/m1/s1. The molecule has 22 heavy (non-hydrogen) atoms. The normalized spacial score (nSPS) is 20.9. The highest BCUT2D eigenvalue weighted by Gasteiger charge is 2.18. The molecule has 1 fully saturated rings. The van der Waals surface area contributed by atoms with E-state index in [1.807, 2.05) is 0 Å². The van der Waals surface area contributed by atoms with Crippen LogP contribution in [0.1, 0.15) is 43.0 Å². The Balaban J connectivity index is 2.18. The molecule has 1 saturated carbocycles. The van der Waals surface area contributed by atoms with Gasteiger partial charge in [0.15, 0.2) is 0 Å². The fourth-order valence-corrected chi connectivity index (χ4v) is 3.46. The van der Waals surface area contributed by atoms with Gasteiger partial charge in [0, 0.05) is 11.3 Å². The number of carbonyl (C=O) groups excluding carboxylic acids is 1. The summed E-state index contributed by atoms with van der Waals surface area (Å²) in [5.74, 6) is -0.147. The summed E-state index contributed by atoms with van der Waals surface area (Å²) < 4.78 is 22.8. The molecule has 3 N–H and O–H groups in total. The maximum absolute atomic E-state index is 12.1. The van der Waals surface area contributed by atoms with Crippen LogP contribution in [0.3, 0.4) is 0 Å². The lowest BCUT2D eigenvalue weighted by atomic mass is 9.89. The molecule has 6 nitrogen and oxygen atoms in total. The van der Waals surface area contributed by atoms with Crippen molar-refractivity contribution in [3.05, 3.63) is 28.8 Å². The molecular weight excluding hydrogens is 326 g/mol. The highest BCUT2D eigenvalue weighted by atomic mass is 35.5. The molecule has 0 radical (unpaired) electrons. The molecule has 1 amide bonds. The molecular formula is C14H18ClN3O3S. The van der Waals surface area contributed by atoms with E-state index >= 15 is 0 Å². The van der Waals surface area contributed by atoms with Crippen molar-refractivity contribution in [2.45, 2.75) is 37.5 Å². The van der Waals surface area contributed by atoms with Crippen LogP contribution in [-0.2, 0) is 10.0 Å². The van der Waals surface area contributed by atoms with E-state index in [-0.39, 0.29) is 15.5 Å². The van der Waals surface area contributed by atoms with Crippen LogP contribution in [0.25, 0.3) is 0 Å². The van der Waals surface area contributed by atoms with E-state index in [1.54, 1.807) is 0 Å². The van der Waals surface area contributed by atoms with Crippen molar-refractivity contribution in [1.82, 2.24) is 5.43 Å². The minimum absolute atomic E-state index is 0.0220. The maximum Gasteiger partial charge on any atom is 0.271 e. The molecule has 120 valence electrons. The van der Waals surface area contributed by atoms with Crippen molar-refractivity contribution in [2.75, 3.05) is 0 Å². The molecule has 8 heteroatoms. The fraction of sp³-hybridized carbons (Fsp3) is 0.429. The van der Waals surface area contributed by atoms with Gasteiger partial charge in [-0.05, 0) is 43.4 Å². The van der Waals surface area contributed by atoms with Crippen LogP contribution in [0.2, 0.25) is 5.02 Å². The second-order valence-corrected chi connectivity index (χ2v) is 7.32. The van der Waals surface area contributed by atoms with Gasteiger partial charge in [0.25, 0.3) is 5.91 Å². The van der Waals surface area contributed by atoms with E-state index in [9.17, 15) is 13.2 Å². The summed E-state index contributed by atoms with van der Waals surface area (Å²) in [6.45, 7) is 2.07. The number of nitrogens with zero attached hydrogens (tertiary/aromatic N) is 1. The maximum atomic E-state index is 12.1. The molecule has 1 atom stereocenters. The Hall–Kier alpha value is -1.44. The van der Waals surface area contributed by atoms with Crippen LogP contribution in [-0.4, -0.2) is 20.0 Å². The third-order valence-electron chi connectivity index (χ3n) is 3.69. The number of hydrogen-bond acceptors (Lipinski definition) is 4. The Morgan fingerprint density at radius 2 is 2.14 bits per heavy atom. The molecule has 0 heterocycles. The quantitative estimate of drug-likeness (QED) is 0.823. The van der Waals surface area contributed by atoms with Crippen LogP contribution in [0, 0.1) is 5.92 Å². The smallest absolute Gasteiger partial charge is 0.267 e. The minimum atomic E-state index is -3.98. The van der Waals surface area contributed by atoms with Gasteiger partial charge in [0.2, 0.25) is 10.0 Å². The monoisotopic (exact) mass is 343 g/mol. The molecule has 0 aliphatic heterocycles.